The standard InChI is InChI=1S/C12H15ClN4O2/c1-16-11-8(10(13)14-7-15-11)6-9(12(16)18)17-2-4-19-5-3-17/h7,9H,2-6H2,1H3. The maximum Gasteiger partial charge on any atom is 0.245 e. The minimum Gasteiger partial charge on any atom is -0.379 e. The summed E-state index contributed by atoms with van der Waals surface area (Å²) in [4.78, 5) is 24.3. The molecule has 7 heteroatoms. The summed E-state index contributed by atoms with van der Waals surface area (Å²) in [6, 6.07) is -0.190. The van der Waals surface area contributed by atoms with E-state index in [0.717, 1.165) is 18.7 Å². The third kappa shape index (κ3) is 2.20. The first kappa shape index (κ1) is 12.8. The SMILES string of the molecule is CN1C(=O)C(N2CCOCC2)Cc2c(Cl)ncnc21. The van der Waals surface area contributed by atoms with Gasteiger partial charge in [-0.3, -0.25) is 14.6 Å². The van der Waals surface area contributed by atoms with Crippen LogP contribution in [-0.2, 0) is 16.0 Å². The normalized spacial score (nSPS) is 24.4. The molecule has 1 fully saturated rings. The number of rotatable bonds is 1. The molecule has 0 aromatic carbocycles. The van der Waals surface area contributed by atoms with E-state index in [1.165, 1.54) is 6.33 Å². The van der Waals surface area contributed by atoms with E-state index in [1.54, 1.807) is 11.9 Å². The summed E-state index contributed by atoms with van der Waals surface area (Å²) >= 11 is 6.13. The van der Waals surface area contributed by atoms with Crippen molar-refractivity contribution in [2.45, 2.75) is 12.5 Å². The van der Waals surface area contributed by atoms with Crippen LogP contribution in [0.25, 0.3) is 0 Å². The minimum atomic E-state index is -0.190. The molecule has 1 aromatic heterocycles. The Kier molecular flexibility index (Phi) is 3.38. The van der Waals surface area contributed by atoms with Gasteiger partial charge in [0.2, 0.25) is 5.91 Å². The van der Waals surface area contributed by atoms with Gasteiger partial charge < -0.3 is 4.74 Å². The Morgan fingerprint density at radius 3 is 2.84 bits per heavy atom. The third-order valence-electron chi connectivity index (χ3n) is 3.69. The highest BCUT2D eigenvalue weighted by molar-refractivity contribution is 6.30. The van der Waals surface area contributed by atoms with Gasteiger partial charge >= 0.3 is 0 Å². The summed E-state index contributed by atoms with van der Waals surface area (Å²) in [5, 5.41) is 0.433. The number of morpholine rings is 1. The van der Waals surface area contributed by atoms with Crippen molar-refractivity contribution in [2.75, 3.05) is 38.3 Å². The van der Waals surface area contributed by atoms with E-state index in [2.05, 4.69) is 14.9 Å². The molecule has 102 valence electrons. The van der Waals surface area contributed by atoms with Gasteiger partial charge in [-0.2, -0.15) is 0 Å². The molecule has 0 radical (unpaired) electrons. The van der Waals surface area contributed by atoms with Gasteiger partial charge in [-0.25, -0.2) is 9.97 Å². The number of nitrogens with zero attached hydrogens (tertiary/aromatic N) is 4. The second-order valence-electron chi connectivity index (χ2n) is 4.73. The van der Waals surface area contributed by atoms with Crippen LogP contribution in [0.5, 0.6) is 0 Å². The van der Waals surface area contributed by atoms with Crippen molar-refractivity contribution in [2.24, 2.45) is 0 Å². The van der Waals surface area contributed by atoms with Gasteiger partial charge in [0.1, 0.15) is 17.3 Å². The zero-order chi connectivity index (χ0) is 13.4. The highest BCUT2D eigenvalue weighted by Crippen LogP contribution is 2.30. The average Bonchev–Trinajstić information content (AvgIpc) is 2.44. The highest BCUT2D eigenvalue weighted by Gasteiger charge is 2.37. The lowest BCUT2D eigenvalue weighted by Crippen LogP contribution is -2.55. The molecule has 1 saturated heterocycles. The Bertz CT molecular complexity index is 505. The summed E-state index contributed by atoms with van der Waals surface area (Å²) in [5.41, 5.74) is 0.850. The molecule has 3 rings (SSSR count). The highest BCUT2D eigenvalue weighted by atomic mass is 35.5. The van der Waals surface area contributed by atoms with Crippen molar-refractivity contribution in [3.63, 3.8) is 0 Å². The molecule has 1 unspecified atom stereocenters. The Morgan fingerprint density at radius 1 is 1.37 bits per heavy atom. The molecule has 0 bridgehead atoms. The maximum atomic E-state index is 12.4. The zero-order valence-electron chi connectivity index (χ0n) is 10.7. The maximum absolute atomic E-state index is 12.4. The number of likely N-dealkylation sites (N-methyl/N-ethyl adjacent to an activating group) is 1. The van der Waals surface area contributed by atoms with Crippen LogP contribution >= 0.6 is 11.6 Å². The van der Waals surface area contributed by atoms with Crippen LogP contribution in [0.4, 0.5) is 5.82 Å². The monoisotopic (exact) mass is 282 g/mol. The van der Waals surface area contributed by atoms with Crippen LogP contribution in [0.1, 0.15) is 5.56 Å². The number of ether oxygens (including phenoxy) is 1. The van der Waals surface area contributed by atoms with Gasteiger partial charge in [0, 0.05) is 32.1 Å². The topological polar surface area (TPSA) is 58.6 Å². The van der Waals surface area contributed by atoms with Crippen molar-refractivity contribution >= 4 is 23.3 Å². The largest absolute Gasteiger partial charge is 0.379 e. The lowest BCUT2D eigenvalue weighted by Gasteiger charge is -2.38. The van der Waals surface area contributed by atoms with E-state index in [-0.39, 0.29) is 11.9 Å². The van der Waals surface area contributed by atoms with Crippen molar-refractivity contribution in [1.29, 1.82) is 0 Å². The van der Waals surface area contributed by atoms with E-state index in [0.29, 0.717) is 30.6 Å². The summed E-state index contributed by atoms with van der Waals surface area (Å²) < 4.78 is 5.33. The predicted molar refractivity (Wildman–Crippen MR) is 70.3 cm³/mol. The molecular formula is C12H15ClN4O2. The predicted octanol–water partition coefficient (Wildman–Crippen LogP) is 0.350. The number of carbonyl (C=O) groups is 1. The summed E-state index contributed by atoms with van der Waals surface area (Å²) in [7, 11) is 1.73. The molecule has 0 saturated carbocycles. The number of halogens is 1. The summed E-state index contributed by atoms with van der Waals surface area (Å²) in [6.07, 6.45) is 1.96. The molecule has 1 amide bonds. The number of aromatic nitrogens is 2. The molecule has 3 heterocycles. The molecule has 6 nitrogen and oxygen atoms in total. The first-order valence-corrected chi connectivity index (χ1v) is 6.65. The Labute approximate surface area is 116 Å². The van der Waals surface area contributed by atoms with Crippen LogP contribution in [0.2, 0.25) is 5.15 Å². The van der Waals surface area contributed by atoms with Gasteiger partial charge in [-0.15, -0.1) is 0 Å². The smallest absolute Gasteiger partial charge is 0.245 e. The van der Waals surface area contributed by atoms with Gasteiger partial charge in [0.25, 0.3) is 0 Å². The van der Waals surface area contributed by atoms with E-state index in [4.69, 9.17) is 16.3 Å². The average molecular weight is 283 g/mol. The molecular weight excluding hydrogens is 268 g/mol. The molecule has 0 N–H and O–H groups in total. The van der Waals surface area contributed by atoms with Gasteiger partial charge in [-0.05, 0) is 0 Å². The van der Waals surface area contributed by atoms with Crippen LogP contribution in [0, 0.1) is 0 Å². The van der Waals surface area contributed by atoms with Gasteiger partial charge in [0.05, 0.1) is 19.3 Å². The second kappa shape index (κ2) is 5.03. The van der Waals surface area contributed by atoms with Crippen LogP contribution in [0.3, 0.4) is 0 Å². The fraction of sp³-hybridized carbons (Fsp3) is 0.583. The number of anilines is 1. The van der Waals surface area contributed by atoms with Crippen molar-refractivity contribution < 1.29 is 9.53 Å². The van der Waals surface area contributed by atoms with Crippen LogP contribution in [0.15, 0.2) is 6.33 Å². The Hall–Kier alpha value is -1.24. The van der Waals surface area contributed by atoms with Crippen molar-refractivity contribution in [3.8, 4) is 0 Å². The van der Waals surface area contributed by atoms with E-state index in [1.807, 2.05) is 0 Å². The number of hydrogen-bond donors (Lipinski definition) is 0. The molecule has 1 atom stereocenters. The molecule has 0 aliphatic carbocycles. The fourth-order valence-electron chi connectivity index (χ4n) is 2.63. The van der Waals surface area contributed by atoms with Crippen LogP contribution < -0.4 is 4.90 Å². The third-order valence-corrected chi connectivity index (χ3v) is 4.01. The fourth-order valence-corrected chi connectivity index (χ4v) is 2.84. The Morgan fingerprint density at radius 2 is 2.11 bits per heavy atom. The second-order valence-corrected chi connectivity index (χ2v) is 5.09. The van der Waals surface area contributed by atoms with Gasteiger partial charge in [-0.1, -0.05) is 11.6 Å². The number of hydrogen-bond acceptors (Lipinski definition) is 5. The first-order chi connectivity index (χ1) is 9.18. The molecule has 0 spiro atoms. The van der Waals surface area contributed by atoms with E-state index >= 15 is 0 Å². The quantitative estimate of drug-likeness (QED) is 0.696. The molecule has 19 heavy (non-hydrogen) atoms. The number of carbonyl (C=O) groups excluding carboxylic acids is 1. The lowest BCUT2D eigenvalue weighted by atomic mass is 10.00. The van der Waals surface area contributed by atoms with E-state index in [9.17, 15) is 4.79 Å². The molecule has 2 aliphatic rings. The van der Waals surface area contributed by atoms with Crippen molar-refractivity contribution in [3.05, 3.63) is 17.0 Å². The number of amides is 1. The Balaban J connectivity index is 1.93. The lowest BCUT2D eigenvalue weighted by molar-refractivity contribution is -0.125. The zero-order valence-corrected chi connectivity index (χ0v) is 11.4. The summed E-state index contributed by atoms with van der Waals surface area (Å²) in [5.74, 6) is 0.679. The molecule has 1 aromatic rings. The summed E-state index contributed by atoms with van der Waals surface area (Å²) in [6.45, 7) is 2.87. The minimum absolute atomic E-state index is 0.0594. The van der Waals surface area contributed by atoms with Crippen LogP contribution in [-0.4, -0.2) is 60.2 Å². The van der Waals surface area contributed by atoms with E-state index < -0.39 is 0 Å². The first-order valence-electron chi connectivity index (χ1n) is 6.27. The van der Waals surface area contributed by atoms with Crippen molar-refractivity contribution in [1.82, 2.24) is 14.9 Å². The van der Waals surface area contributed by atoms with Gasteiger partial charge in [0.15, 0.2) is 0 Å². The number of fused-ring (bicyclic) bond motifs is 1. The molecule has 2 aliphatic heterocycles.